The summed E-state index contributed by atoms with van der Waals surface area (Å²) in [6.45, 7) is -0.438. The van der Waals surface area contributed by atoms with E-state index >= 15 is 0 Å². The fourth-order valence-corrected chi connectivity index (χ4v) is 2.27. The van der Waals surface area contributed by atoms with Gasteiger partial charge < -0.3 is 19.6 Å². The van der Waals surface area contributed by atoms with Gasteiger partial charge >= 0.3 is 5.97 Å². The number of Topliss-reactive ketones (excluding diaryl/α,β-unsaturated/α-hetero) is 1. The number of anilines is 1. The SMILES string of the molecule is O=C(COC(=O)c1cccc(O)c1)c1ccc(NC(=O)c2ccco2)cc1. The second-order valence-electron chi connectivity index (χ2n) is 5.56. The van der Waals surface area contributed by atoms with Crippen molar-refractivity contribution in [3.63, 3.8) is 0 Å². The van der Waals surface area contributed by atoms with E-state index < -0.39 is 24.3 Å². The lowest BCUT2D eigenvalue weighted by Crippen LogP contribution is -2.14. The van der Waals surface area contributed by atoms with Crippen molar-refractivity contribution in [3.8, 4) is 5.75 Å². The first-order valence-corrected chi connectivity index (χ1v) is 7.97. The van der Waals surface area contributed by atoms with Crippen LogP contribution >= 0.6 is 0 Å². The van der Waals surface area contributed by atoms with Crippen LogP contribution in [0.2, 0.25) is 0 Å². The molecule has 1 aromatic heterocycles. The fraction of sp³-hybridized carbons (Fsp3) is 0.0500. The number of esters is 1. The highest BCUT2D eigenvalue weighted by Gasteiger charge is 2.13. The molecule has 0 saturated carbocycles. The molecule has 0 saturated heterocycles. The second-order valence-corrected chi connectivity index (χ2v) is 5.56. The van der Waals surface area contributed by atoms with Gasteiger partial charge in [0.05, 0.1) is 11.8 Å². The summed E-state index contributed by atoms with van der Waals surface area (Å²) in [5.74, 6) is -1.40. The van der Waals surface area contributed by atoms with Crippen LogP contribution in [0, 0.1) is 0 Å². The highest BCUT2D eigenvalue weighted by atomic mass is 16.5. The molecular formula is C20H15NO6. The molecule has 2 N–H and O–H groups in total. The lowest BCUT2D eigenvalue weighted by molar-refractivity contribution is 0.0474. The summed E-state index contributed by atoms with van der Waals surface area (Å²) in [6.07, 6.45) is 1.40. The van der Waals surface area contributed by atoms with Gasteiger partial charge in [-0.1, -0.05) is 6.07 Å². The van der Waals surface area contributed by atoms with Gasteiger partial charge in [-0.15, -0.1) is 0 Å². The van der Waals surface area contributed by atoms with Crippen LogP contribution in [-0.2, 0) is 4.74 Å². The van der Waals surface area contributed by atoms with E-state index in [0.717, 1.165) is 0 Å². The molecule has 27 heavy (non-hydrogen) atoms. The molecule has 0 unspecified atom stereocenters. The van der Waals surface area contributed by atoms with Gasteiger partial charge in [-0.25, -0.2) is 4.79 Å². The number of ether oxygens (including phenoxy) is 1. The van der Waals surface area contributed by atoms with Crippen molar-refractivity contribution in [1.29, 1.82) is 0 Å². The van der Waals surface area contributed by atoms with Gasteiger partial charge in [-0.05, 0) is 54.6 Å². The Morgan fingerprint density at radius 3 is 2.41 bits per heavy atom. The number of rotatable bonds is 6. The summed E-state index contributed by atoms with van der Waals surface area (Å²) in [7, 11) is 0. The Morgan fingerprint density at radius 2 is 1.74 bits per heavy atom. The molecule has 0 fully saturated rings. The smallest absolute Gasteiger partial charge is 0.338 e. The predicted octanol–water partition coefficient (Wildman–Crippen LogP) is 3.28. The highest BCUT2D eigenvalue weighted by molar-refractivity contribution is 6.03. The number of amides is 1. The number of carbonyl (C=O) groups is 3. The standard InChI is InChI=1S/C20H15NO6/c22-16-4-1-3-14(11-16)20(25)27-12-17(23)13-6-8-15(9-7-13)21-19(24)18-5-2-10-26-18/h1-11,22H,12H2,(H,21,24). The number of carbonyl (C=O) groups excluding carboxylic acids is 3. The number of benzene rings is 2. The average Bonchev–Trinajstić information content (AvgIpc) is 3.21. The Morgan fingerprint density at radius 1 is 0.963 bits per heavy atom. The first-order chi connectivity index (χ1) is 13.0. The van der Waals surface area contributed by atoms with Crippen molar-refractivity contribution in [2.24, 2.45) is 0 Å². The zero-order chi connectivity index (χ0) is 19.2. The van der Waals surface area contributed by atoms with Gasteiger partial charge in [0.15, 0.2) is 18.2 Å². The summed E-state index contributed by atoms with van der Waals surface area (Å²) >= 11 is 0. The van der Waals surface area contributed by atoms with Crippen LogP contribution in [0.25, 0.3) is 0 Å². The van der Waals surface area contributed by atoms with Gasteiger partial charge in [0.2, 0.25) is 0 Å². The number of phenolic OH excluding ortho intramolecular Hbond substituents is 1. The number of phenols is 1. The topological polar surface area (TPSA) is 106 Å². The summed E-state index contributed by atoms with van der Waals surface area (Å²) in [5.41, 5.74) is 0.971. The monoisotopic (exact) mass is 365 g/mol. The van der Waals surface area contributed by atoms with Crippen LogP contribution in [0.3, 0.4) is 0 Å². The Kier molecular flexibility index (Phi) is 5.32. The van der Waals surface area contributed by atoms with E-state index in [9.17, 15) is 19.5 Å². The minimum absolute atomic E-state index is 0.0667. The van der Waals surface area contributed by atoms with E-state index in [1.165, 1.54) is 48.7 Å². The Labute approximate surface area is 154 Å². The molecule has 0 aliphatic carbocycles. The number of ketones is 1. The lowest BCUT2D eigenvalue weighted by atomic mass is 10.1. The van der Waals surface area contributed by atoms with Crippen molar-refractivity contribution in [1.82, 2.24) is 0 Å². The van der Waals surface area contributed by atoms with Crippen LogP contribution < -0.4 is 5.32 Å². The van der Waals surface area contributed by atoms with Crippen molar-refractivity contribution >= 4 is 23.3 Å². The summed E-state index contributed by atoms with van der Waals surface area (Å²) < 4.78 is 9.96. The van der Waals surface area contributed by atoms with Crippen molar-refractivity contribution in [3.05, 3.63) is 83.8 Å². The molecule has 3 rings (SSSR count). The lowest BCUT2D eigenvalue weighted by Gasteiger charge is -2.06. The molecule has 2 aromatic carbocycles. The molecule has 0 aliphatic rings. The largest absolute Gasteiger partial charge is 0.508 e. The van der Waals surface area contributed by atoms with E-state index in [2.05, 4.69) is 5.32 Å². The normalized spacial score (nSPS) is 10.2. The predicted molar refractivity (Wildman–Crippen MR) is 95.8 cm³/mol. The van der Waals surface area contributed by atoms with Crippen LogP contribution in [-0.4, -0.2) is 29.4 Å². The molecule has 136 valence electrons. The highest BCUT2D eigenvalue weighted by Crippen LogP contribution is 2.14. The number of furan rings is 1. The zero-order valence-corrected chi connectivity index (χ0v) is 14.0. The minimum Gasteiger partial charge on any atom is -0.508 e. The Bertz CT molecular complexity index is 960. The molecule has 7 nitrogen and oxygen atoms in total. The molecular weight excluding hydrogens is 350 g/mol. The molecule has 7 heteroatoms. The molecule has 1 amide bonds. The molecule has 1 heterocycles. The third-order valence-electron chi connectivity index (χ3n) is 3.63. The van der Waals surface area contributed by atoms with Crippen LogP contribution in [0.5, 0.6) is 5.75 Å². The van der Waals surface area contributed by atoms with Gasteiger partial charge in [0.1, 0.15) is 5.75 Å². The van der Waals surface area contributed by atoms with Crippen molar-refractivity contribution in [2.45, 2.75) is 0 Å². The minimum atomic E-state index is -0.707. The first-order valence-electron chi connectivity index (χ1n) is 7.97. The van der Waals surface area contributed by atoms with Gasteiger partial charge in [0, 0.05) is 11.3 Å². The second kappa shape index (κ2) is 8.01. The van der Waals surface area contributed by atoms with Crippen LogP contribution in [0.1, 0.15) is 31.3 Å². The molecule has 0 spiro atoms. The summed E-state index contributed by atoms with van der Waals surface area (Å²) in [5, 5.41) is 12.0. The van der Waals surface area contributed by atoms with Crippen LogP contribution in [0.4, 0.5) is 5.69 Å². The van der Waals surface area contributed by atoms with Crippen LogP contribution in [0.15, 0.2) is 71.3 Å². The van der Waals surface area contributed by atoms with Gasteiger partial charge in [-0.2, -0.15) is 0 Å². The van der Waals surface area contributed by atoms with E-state index in [1.54, 1.807) is 18.2 Å². The maximum Gasteiger partial charge on any atom is 0.338 e. The van der Waals surface area contributed by atoms with E-state index in [0.29, 0.717) is 11.3 Å². The van der Waals surface area contributed by atoms with Gasteiger partial charge in [-0.3, -0.25) is 9.59 Å². The summed E-state index contributed by atoms with van der Waals surface area (Å²) in [6, 6.07) is 15.0. The summed E-state index contributed by atoms with van der Waals surface area (Å²) in [4.78, 5) is 35.9. The van der Waals surface area contributed by atoms with Crippen molar-refractivity contribution in [2.75, 3.05) is 11.9 Å². The third-order valence-corrected chi connectivity index (χ3v) is 3.63. The maximum atomic E-state index is 12.1. The third kappa shape index (κ3) is 4.60. The first kappa shape index (κ1) is 17.9. The molecule has 0 bridgehead atoms. The van der Waals surface area contributed by atoms with E-state index in [4.69, 9.17) is 9.15 Å². The molecule has 0 aliphatic heterocycles. The maximum absolute atomic E-state index is 12.1. The Balaban J connectivity index is 1.56. The number of aromatic hydroxyl groups is 1. The number of hydrogen-bond acceptors (Lipinski definition) is 6. The molecule has 3 aromatic rings. The zero-order valence-electron chi connectivity index (χ0n) is 14.0. The van der Waals surface area contributed by atoms with E-state index in [1.807, 2.05) is 0 Å². The average molecular weight is 365 g/mol. The molecule has 0 atom stereocenters. The van der Waals surface area contributed by atoms with Gasteiger partial charge in [0.25, 0.3) is 5.91 Å². The molecule has 0 radical (unpaired) electrons. The number of hydrogen-bond donors (Lipinski definition) is 2. The van der Waals surface area contributed by atoms with E-state index in [-0.39, 0.29) is 17.1 Å². The fourth-order valence-electron chi connectivity index (χ4n) is 2.27. The Hall–Kier alpha value is -3.87. The quantitative estimate of drug-likeness (QED) is 0.513. The number of nitrogens with one attached hydrogen (secondary N) is 1. The van der Waals surface area contributed by atoms with Crippen molar-refractivity contribution < 1.29 is 28.6 Å².